The van der Waals surface area contributed by atoms with Gasteiger partial charge in [0, 0.05) is 17.8 Å². The summed E-state index contributed by atoms with van der Waals surface area (Å²) in [4.78, 5) is 8.75. The minimum atomic E-state index is 0.522. The Kier molecular flexibility index (Phi) is 7.20. The van der Waals surface area contributed by atoms with Crippen LogP contribution in [0.2, 0.25) is 5.02 Å². The van der Waals surface area contributed by atoms with Gasteiger partial charge in [-0.15, -0.1) is 0 Å². The predicted octanol–water partition coefficient (Wildman–Crippen LogP) is 2.87. The maximum Gasteiger partial charge on any atom is 0.191 e. The van der Waals surface area contributed by atoms with Crippen LogP contribution in [0, 0.1) is 0 Å². The van der Waals surface area contributed by atoms with Crippen molar-refractivity contribution in [3.8, 4) is 5.75 Å². The quantitative estimate of drug-likeness (QED) is 0.465. The van der Waals surface area contributed by atoms with Gasteiger partial charge in [-0.2, -0.15) is 0 Å². The van der Waals surface area contributed by atoms with Gasteiger partial charge in [0.15, 0.2) is 5.96 Å². The number of hydrogen-bond acceptors (Lipinski definition) is 3. The lowest BCUT2D eigenvalue weighted by atomic mass is 10.3. The molecule has 122 valence electrons. The smallest absolute Gasteiger partial charge is 0.191 e. The van der Waals surface area contributed by atoms with Gasteiger partial charge in [0.1, 0.15) is 12.4 Å². The zero-order chi connectivity index (χ0) is 16.3. The lowest BCUT2D eigenvalue weighted by Crippen LogP contribution is -2.39. The third-order valence-corrected chi connectivity index (χ3v) is 3.16. The van der Waals surface area contributed by atoms with E-state index in [1.165, 1.54) is 0 Å². The number of nitrogens with zero attached hydrogens (tertiary/aromatic N) is 2. The van der Waals surface area contributed by atoms with Crippen molar-refractivity contribution in [1.82, 2.24) is 15.6 Å². The lowest BCUT2D eigenvalue weighted by Gasteiger charge is -2.12. The van der Waals surface area contributed by atoms with E-state index in [-0.39, 0.29) is 0 Å². The highest BCUT2D eigenvalue weighted by molar-refractivity contribution is 6.30. The molecular weight excluding hydrogens is 312 g/mol. The number of hydrogen-bond donors (Lipinski definition) is 2. The SMILES string of the molecule is CCNC(=NCc1ccccn1)NCCOc1cccc(Cl)c1. The van der Waals surface area contributed by atoms with Gasteiger partial charge in [-0.3, -0.25) is 4.98 Å². The molecule has 0 fully saturated rings. The van der Waals surface area contributed by atoms with Gasteiger partial charge >= 0.3 is 0 Å². The average Bonchev–Trinajstić information content (AvgIpc) is 2.57. The first-order valence-corrected chi connectivity index (χ1v) is 7.96. The molecule has 0 aliphatic carbocycles. The molecule has 0 aliphatic rings. The monoisotopic (exact) mass is 332 g/mol. The Labute approximate surface area is 141 Å². The topological polar surface area (TPSA) is 58.5 Å². The minimum Gasteiger partial charge on any atom is -0.492 e. The van der Waals surface area contributed by atoms with Crippen LogP contribution in [0.25, 0.3) is 0 Å². The summed E-state index contributed by atoms with van der Waals surface area (Å²) < 4.78 is 5.64. The van der Waals surface area contributed by atoms with Crippen molar-refractivity contribution < 1.29 is 4.74 Å². The maximum absolute atomic E-state index is 5.92. The Balaban J connectivity index is 1.78. The van der Waals surface area contributed by atoms with Crippen LogP contribution in [0.5, 0.6) is 5.75 Å². The van der Waals surface area contributed by atoms with Crippen LogP contribution >= 0.6 is 11.6 Å². The molecule has 0 bridgehead atoms. The number of rotatable bonds is 7. The Hall–Kier alpha value is -2.27. The van der Waals surface area contributed by atoms with Crippen molar-refractivity contribution in [1.29, 1.82) is 0 Å². The molecule has 1 aromatic carbocycles. The Morgan fingerprint density at radius 3 is 2.87 bits per heavy atom. The van der Waals surface area contributed by atoms with E-state index in [1.54, 1.807) is 12.3 Å². The van der Waals surface area contributed by atoms with Gasteiger partial charge in [0.2, 0.25) is 0 Å². The molecule has 2 N–H and O–H groups in total. The molecule has 0 aliphatic heterocycles. The van der Waals surface area contributed by atoms with E-state index in [4.69, 9.17) is 16.3 Å². The molecule has 0 spiro atoms. The first-order valence-electron chi connectivity index (χ1n) is 7.58. The number of aliphatic imine (C=N–C) groups is 1. The standard InChI is InChI=1S/C17H21ClN4O/c1-2-19-17(22-13-15-7-3-4-9-20-15)21-10-11-23-16-8-5-6-14(18)12-16/h3-9,12H,2,10-11,13H2,1H3,(H2,19,21,22). The summed E-state index contributed by atoms with van der Waals surface area (Å²) in [5, 5.41) is 7.09. The number of pyridine rings is 1. The fraction of sp³-hybridized carbons (Fsp3) is 0.294. The fourth-order valence-corrected chi connectivity index (χ4v) is 2.07. The fourth-order valence-electron chi connectivity index (χ4n) is 1.89. The molecule has 2 rings (SSSR count). The zero-order valence-electron chi connectivity index (χ0n) is 13.1. The molecule has 0 amide bonds. The Morgan fingerprint density at radius 2 is 2.13 bits per heavy atom. The highest BCUT2D eigenvalue weighted by Gasteiger charge is 1.99. The van der Waals surface area contributed by atoms with Crippen molar-refractivity contribution >= 4 is 17.6 Å². The molecule has 0 saturated carbocycles. The second-order valence-electron chi connectivity index (χ2n) is 4.75. The Morgan fingerprint density at radius 1 is 1.22 bits per heavy atom. The van der Waals surface area contributed by atoms with Crippen LogP contribution in [0.1, 0.15) is 12.6 Å². The molecule has 0 atom stereocenters. The molecule has 1 aromatic heterocycles. The van der Waals surface area contributed by atoms with Crippen molar-refractivity contribution in [2.75, 3.05) is 19.7 Å². The first-order chi connectivity index (χ1) is 11.3. The van der Waals surface area contributed by atoms with E-state index >= 15 is 0 Å². The van der Waals surface area contributed by atoms with Crippen molar-refractivity contribution in [2.24, 2.45) is 4.99 Å². The molecule has 1 heterocycles. The van der Waals surface area contributed by atoms with Crippen molar-refractivity contribution in [3.05, 3.63) is 59.4 Å². The van der Waals surface area contributed by atoms with Gasteiger partial charge in [-0.05, 0) is 37.3 Å². The van der Waals surface area contributed by atoms with Gasteiger partial charge in [-0.25, -0.2) is 4.99 Å². The third kappa shape index (κ3) is 6.57. The molecule has 23 heavy (non-hydrogen) atoms. The van der Waals surface area contributed by atoms with Gasteiger partial charge in [0.25, 0.3) is 0 Å². The molecular formula is C17H21ClN4O. The number of benzene rings is 1. The average molecular weight is 333 g/mol. The zero-order valence-corrected chi connectivity index (χ0v) is 13.9. The maximum atomic E-state index is 5.92. The van der Waals surface area contributed by atoms with Gasteiger partial charge in [-0.1, -0.05) is 23.7 Å². The van der Waals surface area contributed by atoms with Crippen molar-refractivity contribution in [3.63, 3.8) is 0 Å². The molecule has 2 aromatic rings. The number of aromatic nitrogens is 1. The summed E-state index contributed by atoms with van der Waals surface area (Å²) in [6, 6.07) is 13.2. The number of ether oxygens (including phenoxy) is 1. The van der Waals surface area contributed by atoms with E-state index in [0.717, 1.165) is 23.9 Å². The summed E-state index contributed by atoms with van der Waals surface area (Å²) >= 11 is 5.92. The van der Waals surface area contributed by atoms with Crippen molar-refractivity contribution in [2.45, 2.75) is 13.5 Å². The number of guanidine groups is 1. The van der Waals surface area contributed by atoms with E-state index in [1.807, 2.05) is 43.3 Å². The van der Waals surface area contributed by atoms with Gasteiger partial charge in [0.05, 0.1) is 18.8 Å². The lowest BCUT2D eigenvalue weighted by molar-refractivity contribution is 0.322. The summed E-state index contributed by atoms with van der Waals surface area (Å²) in [6.07, 6.45) is 1.77. The summed E-state index contributed by atoms with van der Waals surface area (Å²) in [5.74, 6) is 1.50. The second kappa shape index (κ2) is 9.69. The predicted molar refractivity (Wildman–Crippen MR) is 94.0 cm³/mol. The van der Waals surface area contributed by atoms with Crippen LogP contribution < -0.4 is 15.4 Å². The molecule has 0 saturated heterocycles. The van der Waals surface area contributed by atoms with E-state index in [9.17, 15) is 0 Å². The van der Waals surface area contributed by atoms with E-state index < -0.39 is 0 Å². The minimum absolute atomic E-state index is 0.522. The number of nitrogens with one attached hydrogen (secondary N) is 2. The van der Waals surface area contributed by atoms with Crippen LogP contribution in [-0.2, 0) is 6.54 Å². The van der Waals surface area contributed by atoms with Gasteiger partial charge < -0.3 is 15.4 Å². The van der Waals surface area contributed by atoms with E-state index in [2.05, 4.69) is 20.6 Å². The first kappa shape index (κ1) is 17.1. The summed E-state index contributed by atoms with van der Waals surface area (Å²) in [5.41, 5.74) is 0.930. The Bertz CT molecular complexity index is 619. The highest BCUT2D eigenvalue weighted by Crippen LogP contribution is 2.16. The number of halogens is 1. The van der Waals surface area contributed by atoms with Crippen LogP contribution in [0.15, 0.2) is 53.7 Å². The summed E-state index contributed by atoms with van der Waals surface area (Å²) in [6.45, 7) is 4.52. The van der Waals surface area contributed by atoms with Crippen LogP contribution in [0.4, 0.5) is 0 Å². The van der Waals surface area contributed by atoms with E-state index in [0.29, 0.717) is 24.7 Å². The normalized spacial score (nSPS) is 11.1. The summed E-state index contributed by atoms with van der Waals surface area (Å²) in [7, 11) is 0. The van der Waals surface area contributed by atoms with Crippen LogP contribution in [-0.4, -0.2) is 30.6 Å². The largest absolute Gasteiger partial charge is 0.492 e. The second-order valence-corrected chi connectivity index (χ2v) is 5.19. The molecule has 6 heteroatoms. The molecule has 5 nitrogen and oxygen atoms in total. The highest BCUT2D eigenvalue weighted by atomic mass is 35.5. The van der Waals surface area contributed by atoms with Crippen LogP contribution in [0.3, 0.4) is 0 Å². The third-order valence-electron chi connectivity index (χ3n) is 2.93. The molecule has 0 unspecified atom stereocenters. The molecule has 0 radical (unpaired) electrons.